The van der Waals surface area contributed by atoms with Gasteiger partial charge in [-0.25, -0.2) is 14.4 Å². The van der Waals surface area contributed by atoms with Crippen molar-refractivity contribution in [2.75, 3.05) is 12.4 Å². The number of nitrogens with one attached hydrogen (secondary N) is 2. The standard InChI is InChI=1S/C19H21N3O6/c1-9-14(18(25)27-4)10(2)21-15(9)16(23)11(3)28-17(24)12-6-5-7-13(8-12)22-19(20)26/h5-8,11,21H,1-4H3,(H3,20,22,26)/t11-/m0/s1. The topological polar surface area (TPSA) is 141 Å². The average molecular weight is 387 g/mol. The van der Waals surface area contributed by atoms with Crippen LogP contribution in [0, 0.1) is 13.8 Å². The molecule has 0 bridgehead atoms. The summed E-state index contributed by atoms with van der Waals surface area (Å²) >= 11 is 0. The number of Topliss-reactive ketones (excluding diaryl/α,β-unsaturated/α-hetero) is 1. The molecule has 1 aromatic carbocycles. The number of methoxy groups -OCH3 is 1. The predicted molar refractivity (Wildman–Crippen MR) is 100 cm³/mol. The number of rotatable bonds is 6. The molecule has 2 rings (SSSR count). The minimum Gasteiger partial charge on any atom is -0.465 e. The molecular weight excluding hydrogens is 366 g/mol. The van der Waals surface area contributed by atoms with E-state index in [1.165, 1.54) is 32.2 Å². The average Bonchev–Trinajstić information content (AvgIpc) is 2.94. The van der Waals surface area contributed by atoms with Gasteiger partial charge in [-0.05, 0) is 44.5 Å². The van der Waals surface area contributed by atoms with Crippen LogP contribution in [0.25, 0.3) is 0 Å². The lowest BCUT2D eigenvalue weighted by Gasteiger charge is -2.13. The number of carbonyl (C=O) groups excluding carboxylic acids is 4. The largest absolute Gasteiger partial charge is 0.465 e. The van der Waals surface area contributed by atoms with Crippen molar-refractivity contribution < 1.29 is 28.7 Å². The van der Waals surface area contributed by atoms with E-state index < -0.39 is 29.9 Å². The van der Waals surface area contributed by atoms with Crippen LogP contribution in [0.2, 0.25) is 0 Å². The molecule has 0 aliphatic rings. The number of H-pyrrole nitrogens is 1. The van der Waals surface area contributed by atoms with Gasteiger partial charge < -0.3 is 25.5 Å². The summed E-state index contributed by atoms with van der Waals surface area (Å²) in [5, 5.41) is 2.35. The Hall–Kier alpha value is -3.62. The molecule has 0 saturated heterocycles. The number of aryl methyl sites for hydroxylation is 1. The van der Waals surface area contributed by atoms with Crippen LogP contribution >= 0.6 is 0 Å². The fraction of sp³-hybridized carbons (Fsp3) is 0.263. The maximum atomic E-state index is 12.7. The fourth-order valence-electron chi connectivity index (χ4n) is 2.76. The molecule has 148 valence electrons. The number of hydrogen-bond acceptors (Lipinski definition) is 6. The van der Waals surface area contributed by atoms with E-state index in [0.29, 0.717) is 16.9 Å². The summed E-state index contributed by atoms with van der Waals surface area (Å²) in [6.45, 7) is 4.68. The van der Waals surface area contributed by atoms with Crippen molar-refractivity contribution in [3.05, 3.63) is 52.3 Å². The van der Waals surface area contributed by atoms with Gasteiger partial charge in [0.25, 0.3) is 0 Å². The molecule has 0 spiro atoms. The van der Waals surface area contributed by atoms with E-state index >= 15 is 0 Å². The zero-order valence-corrected chi connectivity index (χ0v) is 15.9. The minimum absolute atomic E-state index is 0.139. The summed E-state index contributed by atoms with van der Waals surface area (Å²) in [6.07, 6.45) is -1.11. The summed E-state index contributed by atoms with van der Waals surface area (Å²) in [5.41, 5.74) is 6.85. The monoisotopic (exact) mass is 387 g/mol. The van der Waals surface area contributed by atoms with Gasteiger partial charge in [-0.15, -0.1) is 0 Å². The number of primary amides is 1. The zero-order valence-electron chi connectivity index (χ0n) is 15.9. The van der Waals surface area contributed by atoms with Crippen molar-refractivity contribution >= 4 is 29.4 Å². The number of urea groups is 1. The van der Waals surface area contributed by atoms with Gasteiger partial charge in [0.1, 0.15) is 0 Å². The summed E-state index contributed by atoms with van der Waals surface area (Å²) < 4.78 is 9.95. The molecule has 0 radical (unpaired) electrons. The lowest BCUT2D eigenvalue weighted by molar-refractivity contribution is 0.0317. The Kier molecular flexibility index (Phi) is 6.19. The summed E-state index contributed by atoms with van der Waals surface area (Å²) in [5.74, 6) is -1.80. The third-order valence-electron chi connectivity index (χ3n) is 4.09. The lowest BCUT2D eigenvalue weighted by atomic mass is 10.1. The van der Waals surface area contributed by atoms with Gasteiger partial charge in [-0.2, -0.15) is 0 Å². The van der Waals surface area contributed by atoms with Crippen molar-refractivity contribution in [1.82, 2.24) is 4.98 Å². The fourth-order valence-corrected chi connectivity index (χ4v) is 2.76. The molecule has 0 fully saturated rings. The number of ether oxygens (including phenoxy) is 2. The van der Waals surface area contributed by atoms with Crippen molar-refractivity contribution in [2.45, 2.75) is 26.9 Å². The van der Waals surface area contributed by atoms with E-state index in [9.17, 15) is 19.2 Å². The van der Waals surface area contributed by atoms with E-state index in [2.05, 4.69) is 10.3 Å². The van der Waals surface area contributed by atoms with E-state index in [4.69, 9.17) is 15.2 Å². The first-order valence-electron chi connectivity index (χ1n) is 8.34. The van der Waals surface area contributed by atoms with Gasteiger partial charge in [0, 0.05) is 11.4 Å². The summed E-state index contributed by atoms with van der Waals surface area (Å²) in [6, 6.07) is 5.17. The molecule has 0 unspecified atom stereocenters. The number of carbonyl (C=O) groups is 4. The minimum atomic E-state index is -1.11. The Labute approximate surface area is 161 Å². The highest BCUT2D eigenvalue weighted by Crippen LogP contribution is 2.21. The first-order chi connectivity index (χ1) is 13.1. The van der Waals surface area contributed by atoms with Crippen LogP contribution < -0.4 is 11.1 Å². The number of esters is 2. The zero-order chi connectivity index (χ0) is 21.0. The molecule has 1 atom stereocenters. The number of nitrogens with two attached hydrogens (primary N) is 1. The second-order valence-electron chi connectivity index (χ2n) is 6.10. The van der Waals surface area contributed by atoms with Gasteiger partial charge >= 0.3 is 18.0 Å². The highest BCUT2D eigenvalue weighted by molar-refractivity contribution is 6.04. The Morgan fingerprint density at radius 3 is 2.43 bits per heavy atom. The summed E-state index contributed by atoms with van der Waals surface area (Å²) in [4.78, 5) is 50.6. The molecule has 1 heterocycles. The van der Waals surface area contributed by atoms with Crippen LogP contribution in [-0.4, -0.2) is 42.0 Å². The number of aromatic nitrogens is 1. The van der Waals surface area contributed by atoms with E-state index in [-0.39, 0.29) is 16.8 Å². The molecule has 1 aromatic heterocycles. The molecule has 2 aromatic rings. The molecule has 0 saturated carbocycles. The molecule has 2 amide bonds. The first-order valence-corrected chi connectivity index (χ1v) is 8.34. The summed E-state index contributed by atoms with van der Waals surface area (Å²) in [7, 11) is 1.25. The van der Waals surface area contributed by atoms with Crippen LogP contribution in [0.4, 0.5) is 10.5 Å². The predicted octanol–water partition coefficient (Wildman–Crippen LogP) is 2.34. The van der Waals surface area contributed by atoms with Gasteiger partial charge in [-0.1, -0.05) is 6.07 Å². The quantitative estimate of drug-likeness (QED) is 0.513. The third kappa shape index (κ3) is 4.37. The highest BCUT2D eigenvalue weighted by Gasteiger charge is 2.27. The van der Waals surface area contributed by atoms with Gasteiger partial charge in [0.15, 0.2) is 6.10 Å². The number of benzene rings is 1. The second-order valence-corrected chi connectivity index (χ2v) is 6.10. The lowest BCUT2D eigenvalue weighted by Crippen LogP contribution is -2.25. The number of hydrogen-bond donors (Lipinski definition) is 3. The number of anilines is 1. The van der Waals surface area contributed by atoms with E-state index in [1.807, 2.05) is 0 Å². The highest BCUT2D eigenvalue weighted by atomic mass is 16.5. The first kappa shape index (κ1) is 20.7. The molecule has 9 nitrogen and oxygen atoms in total. The Morgan fingerprint density at radius 1 is 1.14 bits per heavy atom. The second kappa shape index (κ2) is 8.38. The van der Waals surface area contributed by atoms with Crippen LogP contribution in [0.5, 0.6) is 0 Å². The van der Waals surface area contributed by atoms with Crippen LogP contribution in [-0.2, 0) is 9.47 Å². The molecule has 0 aliphatic carbocycles. The van der Waals surface area contributed by atoms with Crippen molar-refractivity contribution in [2.24, 2.45) is 5.73 Å². The van der Waals surface area contributed by atoms with Crippen molar-refractivity contribution in [3.8, 4) is 0 Å². The van der Waals surface area contributed by atoms with Crippen molar-refractivity contribution in [3.63, 3.8) is 0 Å². The normalized spacial score (nSPS) is 11.4. The molecular formula is C19H21N3O6. The van der Waals surface area contributed by atoms with Crippen LogP contribution in [0.3, 0.4) is 0 Å². The van der Waals surface area contributed by atoms with Gasteiger partial charge in [-0.3, -0.25) is 4.79 Å². The number of aromatic amines is 1. The number of ketones is 1. The van der Waals surface area contributed by atoms with Crippen LogP contribution in [0.15, 0.2) is 24.3 Å². The van der Waals surface area contributed by atoms with Crippen molar-refractivity contribution in [1.29, 1.82) is 0 Å². The van der Waals surface area contributed by atoms with Gasteiger partial charge in [0.2, 0.25) is 5.78 Å². The third-order valence-corrected chi connectivity index (χ3v) is 4.09. The van der Waals surface area contributed by atoms with E-state index in [0.717, 1.165) is 0 Å². The molecule has 0 aliphatic heterocycles. The Morgan fingerprint density at radius 2 is 1.82 bits per heavy atom. The van der Waals surface area contributed by atoms with Gasteiger partial charge in [0.05, 0.1) is 23.9 Å². The number of amides is 2. The van der Waals surface area contributed by atoms with E-state index in [1.54, 1.807) is 19.9 Å². The SMILES string of the molecule is COC(=O)c1c(C)[nH]c(C(=O)[C@H](C)OC(=O)c2cccc(NC(N)=O)c2)c1C. The maximum absolute atomic E-state index is 12.7. The smallest absolute Gasteiger partial charge is 0.339 e. The van der Waals surface area contributed by atoms with Crippen LogP contribution in [0.1, 0.15) is 49.4 Å². The maximum Gasteiger partial charge on any atom is 0.339 e. The molecule has 4 N–H and O–H groups in total. The molecule has 9 heteroatoms. The Balaban J connectivity index is 2.18. The Bertz CT molecular complexity index is 947. The molecule has 28 heavy (non-hydrogen) atoms.